The molecule has 0 amide bonds. The van der Waals surface area contributed by atoms with Gasteiger partial charge in [0.25, 0.3) is 0 Å². The SMILES string of the molecule is CCCOc1ccc(Br)cc1CCCC(=O)O. The van der Waals surface area contributed by atoms with Gasteiger partial charge < -0.3 is 9.84 Å². The highest BCUT2D eigenvalue weighted by atomic mass is 79.9. The zero-order chi connectivity index (χ0) is 12.7. The van der Waals surface area contributed by atoms with Gasteiger partial charge in [-0.1, -0.05) is 22.9 Å². The molecular weight excluding hydrogens is 284 g/mol. The number of aryl methyl sites for hydroxylation is 1. The molecule has 0 aliphatic carbocycles. The molecule has 17 heavy (non-hydrogen) atoms. The molecule has 3 nitrogen and oxygen atoms in total. The molecule has 1 aromatic carbocycles. The van der Waals surface area contributed by atoms with E-state index in [9.17, 15) is 4.79 Å². The molecule has 0 saturated heterocycles. The number of aliphatic carboxylic acids is 1. The van der Waals surface area contributed by atoms with E-state index in [1.54, 1.807) is 0 Å². The lowest BCUT2D eigenvalue weighted by Crippen LogP contribution is -2.01. The van der Waals surface area contributed by atoms with Crippen LogP contribution in [0.2, 0.25) is 0 Å². The Kier molecular flexibility index (Phi) is 6.05. The second kappa shape index (κ2) is 7.33. The molecule has 0 saturated carbocycles. The molecule has 0 aliphatic rings. The van der Waals surface area contributed by atoms with Gasteiger partial charge in [0.05, 0.1) is 6.61 Å². The van der Waals surface area contributed by atoms with Gasteiger partial charge in [0.2, 0.25) is 0 Å². The van der Waals surface area contributed by atoms with Crippen molar-refractivity contribution >= 4 is 21.9 Å². The van der Waals surface area contributed by atoms with Gasteiger partial charge in [0.1, 0.15) is 5.75 Å². The van der Waals surface area contributed by atoms with E-state index in [1.165, 1.54) is 0 Å². The fourth-order valence-corrected chi connectivity index (χ4v) is 1.93. The lowest BCUT2D eigenvalue weighted by Gasteiger charge is -2.11. The average Bonchev–Trinajstić information content (AvgIpc) is 2.27. The Labute approximate surface area is 110 Å². The lowest BCUT2D eigenvalue weighted by molar-refractivity contribution is -0.137. The second-order valence-corrected chi connectivity index (χ2v) is 4.76. The Hall–Kier alpha value is -1.03. The fourth-order valence-electron chi connectivity index (χ4n) is 1.53. The molecule has 0 heterocycles. The molecule has 1 N–H and O–H groups in total. The van der Waals surface area contributed by atoms with Crippen molar-refractivity contribution in [2.45, 2.75) is 32.6 Å². The van der Waals surface area contributed by atoms with Crippen molar-refractivity contribution in [1.82, 2.24) is 0 Å². The quantitative estimate of drug-likeness (QED) is 0.836. The van der Waals surface area contributed by atoms with Crippen LogP contribution >= 0.6 is 15.9 Å². The number of hydrogen-bond acceptors (Lipinski definition) is 2. The zero-order valence-electron chi connectivity index (χ0n) is 9.91. The minimum absolute atomic E-state index is 0.194. The third-order valence-corrected chi connectivity index (χ3v) is 2.81. The molecule has 0 aromatic heterocycles. The largest absolute Gasteiger partial charge is 0.493 e. The molecule has 0 aliphatic heterocycles. The van der Waals surface area contributed by atoms with Crippen LogP contribution in [0, 0.1) is 0 Å². The van der Waals surface area contributed by atoms with Gasteiger partial charge in [-0.2, -0.15) is 0 Å². The van der Waals surface area contributed by atoms with Crippen molar-refractivity contribution in [3.05, 3.63) is 28.2 Å². The number of carboxylic acids is 1. The lowest BCUT2D eigenvalue weighted by atomic mass is 10.1. The monoisotopic (exact) mass is 300 g/mol. The van der Waals surface area contributed by atoms with Crippen LogP contribution in [0.1, 0.15) is 31.7 Å². The number of benzene rings is 1. The van der Waals surface area contributed by atoms with Crippen molar-refractivity contribution < 1.29 is 14.6 Å². The summed E-state index contributed by atoms with van der Waals surface area (Å²) in [5.41, 5.74) is 1.06. The first-order valence-electron chi connectivity index (χ1n) is 5.76. The summed E-state index contributed by atoms with van der Waals surface area (Å²) in [6.07, 6.45) is 2.52. The van der Waals surface area contributed by atoms with Crippen molar-refractivity contribution in [3.63, 3.8) is 0 Å². The van der Waals surface area contributed by atoms with Gasteiger partial charge in [-0.3, -0.25) is 4.79 Å². The van der Waals surface area contributed by atoms with E-state index in [0.717, 1.165) is 28.6 Å². The molecule has 0 unspecified atom stereocenters. The summed E-state index contributed by atoms with van der Waals surface area (Å²) >= 11 is 3.41. The van der Waals surface area contributed by atoms with Gasteiger partial charge in [-0.15, -0.1) is 0 Å². The van der Waals surface area contributed by atoms with E-state index < -0.39 is 5.97 Å². The highest BCUT2D eigenvalue weighted by Crippen LogP contribution is 2.25. The van der Waals surface area contributed by atoms with Crippen LogP contribution in [0.15, 0.2) is 22.7 Å². The van der Waals surface area contributed by atoms with E-state index in [4.69, 9.17) is 9.84 Å². The predicted molar refractivity (Wildman–Crippen MR) is 70.5 cm³/mol. The molecule has 0 fully saturated rings. The second-order valence-electron chi connectivity index (χ2n) is 3.85. The Balaban J connectivity index is 2.65. The normalized spacial score (nSPS) is 10.2. The Morgan fingerprint density at radius 3 is 2.88 bits per heavy atom. The van der Waals surface area contributed by atoms with Crippen LogP contribution in [-0.4, -0.2) is 17.7 Å². The highest BCUT2D eigenvalue weighted by Gasteiger charge is 2.06. The number of hydrogen-bond donors (Lipinski definition) is 1. The van der Waals surface area contributed by atoms with E-state index in [0.29, 0.717) is 13.0 Å². The average molecular weight is 301 g/mol. The van der Waals surface area contributed by atoms with Crippen molar-refractivity contribution in [2.24, 2.45) is 0 Å². The van der Waals surface area contributed by atoms with Gasteiger partial charge in [-0.25, -0.2) is 0 Å². The third-order valence-electron chi connectivity index (χ3n) is 2.32. The number of rotatable bonds is 7. The van der Waals surface area contributed by atoms with Crippen molar-refractivity contribution in [1.29, 1.82) is 0 Å². The molecular formula is C13H17BrO3. The fraction of sp³-hybridized carbons (Fsp3) is 0.462. The van der Waals surface area contributed by atoms with Crippen LogP contribution in [0.3, 0.4) is 0 Å². The van der Waals surface area contributed by atoms with Gasteiger partial charge in [-0.05, 0) is 43.0 Å². The summed E-state index contributed by atoms with van der Waals surface area (Å²) < 4.78 is 6.62. The molecule has 1 rings (SSSR count). The molecule has 0 bridgehead atoms. The number of halogens is 1. The Morgan fingerprint density at radius 2 is 2.24 bits per heavy atom. The van der Waals surface area contributed by atoms with Gasteiger partial charge in [0, 0.05) is 10.9 Å². The first kappa shape index (κ1) is 14.0. The summed E-state index contributed by atoms with van der Waals surface area (Å²) in [4.78, 5) is 10.5. The van der Waals surface area contributed by atoms with Crippen LogP contribution < -0.4 is 4.74 Å². The maximum Gasteiger partial charge on any atom is 0.303 e. The third kappa shape index (κ3) is 5.22. The van der Waals surface area contributed by atoms with Gasteiger partial charge in [0.15, 0.2) is 0 Å². The topological polar surface area (TPSA) is 46.5 Å². The van der Waals surface area contributed by atoms with E-state index in [2.05, 4.69) is 22.9 Å². The van der Waals surface area contributed by atoms with Gasteiger partial charge >= 0.3 is 5.97 Å². The Morgan fingerprint density at radius 1 is 1.47 bits per heavy atom. The first-order chi connectivity index (χ1) is 8.13. The minimum Gasteiger partial charge on any atom is -0.493 e. The smallest absolute Gasteiger partial charge is 0.303 e. The number of carbonyl (C=O) groups is 1. The van der Waals surface area contributed by atoms with Crippen LogP contribution in [-0.2, 0) is 11.2 Å². The highest BCUT2D eigenvalue weighted by molar-refractivity contribution is 9.10. The summed E-state index contributed by atoms with van der Waals surface area (Å²) in [6.45, 7) is 2.75. The molecule has 94 valence electrons. The maximum absolute atomic E-state index is 10.5. The predicted octanol–water partition coefficient (Wildman–Crippen LogP) is 3.65. The summed E-state index contributed by atoms with van der Waals surface area (Å²) in [6, 6.07) is 5.86. The first-order valence-corrected chi connectivity index (χ1v) is 6.55. The molecule has 0 radical (unpaired) electrons. The number of ether oxygens (including phenoxy) is 1. The van der Waals surface area contributed by atoms with Crippen molar-refractivity contribution in [3.8, 4) is 5.75 Å². The molecule has 1 aromatic rings. The maximum atomic E-state index is 10.5. The standard InChI is InChI=1S/C13H17BrO3/c1-2-8-17-12-7-6-11(14)9-10(12)4-3-5-13(15)16/h6-7,9H,2-5,8H2,1H3,(H,15,16). The zero-order valence-corrected chi connectivity index (χ0v) is 11.5. The van der Waals surface area contributed by atoms with Crippen LogP contribution in [0.25, 0.3) is 0 Å². The van der Waals surface area contributed by atoms with Crippen molar-refractivity contribution in [2.75, 3.05) is 6.61 Å². The minimum atomic E-state index is -0.754. The van der Waals surface area contributed by atoms with Crippen LogP contribution in [0.4, 0.5) is 0 Å². The van der Waals surface area contributed by atoms with E-state index in [1.807, 2.05) is 18.2 Å². The summed E-state index contributed by atoms with van der Waals surface area (Å²) in [7, 11) is 0. The number of carboxylic acid groups (broad SMARTS) is 1. The Bertz CT molecular complexity index is 377. The van der Waals surface area contributed by atoms with E-state index in [-0.39, 0.29) is 6.42 Å². The molecule has 0 spiro atoms. The van der Waals surface area contributed by atoms with E-state index >= 15 is 0 Å². The molecule has 4 heteroatoms. The van der Waals surface area contributed by atoms with Crippen LogP contribution in [0.5, 0.6) is 5.75 Å². The summed E-state index contributed by atoms with van der Waals surface area (Å²) in [5.74, 6) is 0.108. The summed E-state index contributed by atoms with van der Waals surface area (Å²) in [5, 5.41) is 8.62. The molecule has 0 atom stereocenters.